The number of benzene rings is 1. The van der Waals surface area contributed by atoms with E-state index >= 15 is 0 Å². The summed E-state index contributed by atoms with van der Waals surface area (Å²) in [6, 6.07) is 7.01. The van der Waals surface area contributed by atoms with E-state index in [4.69, 9.17) is 4.52 Å². The minimum atomic E-state index is -0.294. The van der Waals surface area contributed by atoms with Gasteiger partial charge in [-0.3, -0.25) is 9.59 Å². The van der Waals surface area contributed by atoms with Crippen LogP contribution in [0, 0.1) is 6.92 Å². The highest BCUT2D eigenvalue weighted by atomic mass is 16.5. The number of anilines is 2. The Morgan fingerprint density at radius 3 is 2.61 bits per heavy atom. The van der Waals surface area contributed by atoms with Gasteiger partial charge in [0.2, 0.25) is 5.91 Å². The summed E-state index contributed by atoms with van der Waals surface area (Å²) in [5.74, 6) is 0.212. The van der Waals surface area contributed by atoms with Crippen LogP contribution in [0.25, 0.3) is 0 Å². The summed E-state index contributed by atoms with van der Waals surface area (Å²) in [5.41, 5.74) is 2.30. The topological polar surface area (TPSA) is 75.4 Å². The predicted octanol–water partition coefficient (Wildman–Crippen LogP) is 3.17. The second kappa shape index (κ2) is 7.09. The van der Waals surface area contributed by atoms with Gasteiger partial charge in [0, 0.05) is 13.5 Å². The van der Waals surface area contributed by atoms with E-state index in [0.29, 0.717) is 41.2 Å². The highest BCUT2D eigenvalue weighted by molar-refractivity contribution is 6.10. The average molecular weight is 315 g/mol. The molecule has 23 heavy (non-hydrogen) atoms. The Morgan fingerprint density at radius 1 is 1.26 bits per heavy atom. The summed E-state index contributed by atoms with van der Waals surface area (Å²) >= 11 is 0. The molecule has 2 aromatic rings. The second-order valence-corrected chi connectivity index (χ2v) is 5.19. The molecule has 0 aliphatic heterocycles. The van der Waals surface area contributed by atoms with Crippen LogP contribution in [0.4, 0.5) is 11.4 Å². The summed E-state index contributed by atoms with van der Waals surface area (Å²) in [6.45, 7) is 5.48. The van der Waals surface area contributed by atoms with Crippen molar-refractivity contribution in [1.82, 2.24) is 5.16 Å². The van der Waals surface area contributed by atoms with Gasteiger partial charge in [-0.25, -0.2) is 0 Å². The molecule has 0 aliphatic carbocycles. The fourth-order valence-electron chi connectivity index (χ4n) is 2.33. The standard InChI is InChI=1S/C17H21N3O3/c1-5-13-16(11(3)23-19-13)18-17(22)12-9-7-8-10-14(12)20(4)15(21)6-2/h7-10H,5-6H2,1-4H3,(H,18,22). The van der Waals surface area contributed by atoms with Gasteiger partial charge in [0.1, 0.15) is 11.4 Å². The Bertz CT molecular complexity index is 722. The van der Waals surface area contributed by atoms with E-state index < -0.39 is 0 Å². The van der Waals surface area contributed by atoms with Crippen molar-refractivity contribution in [2.75, 3.05) is 17.3 Å². The molecule has 0 atom stereocenters. The third-order valence-corrected chi connectivity index (χ3v) is 3.69. The molecule has 1 aromatic carbocycles. The van der Waals surface area contributed by atoms with Crippen LogP contribution in [0.3, 0.4) is 0 Å². The lowest BCUT2D eigenvalue weighted by Crippen LogP contribution is -2.28. The number of rotatable bonds is 5. The summed E-state index contributed by atoms with van der Waals surface area (Å²) in [5, 5.41) is 6.77. The largest absolute Gasteiger partial charge is 0.359 e. The van der Waals surface area contributed by atoms with Crippen molar-refractivity contribution in [2.45, 2.75) is 33.6 Å². The van der Waals surface area contributed by atoms with Gasteiger partial charge in [0.15, 0.2) is 5.76 Å². The van der Waals surface area contributed by atoms with Crippen molar-refractivity contribution in [3.63, 3.8) is 0 Å². The maximum absolute atomic E-state index is 12.7. The zero-order valence-corrected chi connectivity index (χ0v) is 13.8. The van der Waals surface area contributed by atoms with Crippen molar-refractivity contribution < 1.29 is 14.1 Å². The number of nitrogens with one attached hydrogen (secondary N) is 1. The highest BCUT2D eigenvalue weighted by Gasteiger charge is 2.20. The van der Waals surface area contributed by atoms with Crippen LogP contribution in [0.2, 0.25) is 0 Å². The van der Waals surface area contributed by atoms with Crippen molar-refractivity contribution in [1.29, 1.82) is 0 Å². The molecule has 0 aliphatic rings. The molecular weight excluding hydrogens is 294 g/mol. The molecule has 0 unspecified atom stereocenters. The summed E-state index contributed by atoms with van der Waals surface area (Å²) in [6.07, 6.45) is 1.03. The number of hydrogen-bond donors (Lipinski definition) is 1. The molecule has 0 saturated heterocycles. The van der Waals surface area contributed by atoms with Gasteiger partial charge < -0.3 is 14.7 Å². The molecule has 0 spiro atoms. The number of para-hydroxylation sites is 1. The monoisotopic (exact) mass is 315 g/mol. The van der Waals surface area contributed by atoms with Gasteiger partial charge in [0.05, 0.1) is 11.3 Å². The fraction of sp³-hybridized carbons (Fsp3) is 0.353. The van der Waals surface area contributed by atoms with Crippen molar-refractivity contribution in [3.8, 4) is 0 Å². The first-order chi connectivity index (χ1) is 11.0. The Labute approximate surface area is 135 Å². The number of aryl methyl sites for hydroxylation is 2. The van der Waals surface area contributed by atoms with Crippen molar-refractivity contribution >= 4 is 23.2 Å². The average Bonchev–Trinajstić information content (AvgIpc) is 2.93. The molecule has 6 nitrogen and oxygen atoms in total. The molecule has 0 saturated carbocycles. The van der Waals surface area contributed by atoms with Crippen LogP contribution in [0.5, 0.6) is 0 Å². The van der Waals surface area contributed by atoms with Gasteiger partial charge >= 0.3 is 0 Å². The number of amides is 2. The van der Waals surface area contributed by atoms with E-state index in [1.807, 2.05) is 6.92 Å². The Hall–Kier alpha value is -2.63. The van der Waals surface area contributed by atoms with Crippen LogP contribution in [0.15, 0.2) is 28.8 Å². The van der Waals surface area contributed by atoms with Gasteiger partial charge in [-0.2, -0.15) is 0 Å². The quantitative estimate of drug-likeness (QED) is 0.919. The summed E-state index contributed by atoms with van der Waals surface area (Å²) < 4.78 is 5.13. The first-order valence-corrected chi connectivity index (χ1v) is 7.61. The second-order valence-electron chi connectivity index (χ2n) is 5.19. The number of aromatic nitrogens is 1. The zero-order valence-electron chi connectivity index (χ0n) is 13.8. The highest BCUT2D eigenvalue weighted by Crippen LogP contribution is 2.24. The van der Waals surface area contributed by atoms with Crippen LogP contribution in [0.1, 0.15) is 42.1 Å². The van der Waals surface area contributed by atoms with E-state index in [1.165, 1.54) is 4.90 Å². The molecule has 1 N–H and O–H groups in total. The van der Waals surface area contributed by atoms with E-state index in [0.717, 1.165) is 0 Å². The van der Waals surface area contributed by atoms with E-state index in [-0.39, 0.29) is 11.8 Å². The zero-order chi connectivity index (χ0) is 17.0. The predicted molar refractivity (Wildman–Crippen MR) is 88.7 cm³/mol. The SMILES string of the molecule is CCC(=O)N(C)c1ccccc1C(=O)Nc1c(CC)noc1C. The van der Waals surface area contributed by atoms with Crippen LogP contribution < -0.4 is 10.2 Å². The third kappa shape index (κ3) is 3.41. The Balaban J connectivity index is 2.33. The maximum atomic E-state index is 12.7. The molecule has 0 fully saturated rings. The number of carbonyl (C=O) groups is 2. The van der Waals surface area contributed by atoms with Crippen LogP contribution in [-0.4, -0.2) is 24.0 Å². The smallest absolute Gasteiger partial charge is 0.257 e. The van der Waals surface area contributed by atoms with E-state index in [9.17, 15) is 9.59 Å². The molecule has 1 heterocycles. The summed E-state index contributed by atoms with van der Waals surface area (Å²) in [4.78, 5) is 26.1. The minimum Gasteiger partial charge on any atom is -0.359 e. The molecule has 6 heteroatoms. The van der Waals surface area contributed by atoms with Gasteiger partial charge in [-0.15, -0.1) is 0 Å². The lowest BCUT2D eigenvalue weighted by Gasteiger charge is -2.19. The third-order valence-electron chi connectivity index (χ3n) is 3.69. The van der Waals surface area contributed by atoms with Gasteiger partial charge in [-0.05, 0) is 25.5 Å². The number of hydrogen-bond acceptors (Lipinski definition) is 4. The molecule has 0 radical (unpaired) electrons. The normalized spacial score (nSPS) is 10.4. The molecule has 122 valence electrons. The molecular formula is C17H21N3O3. The lowest BCUT2D eigenvalue weighted by atomic mass is 10.1. The molecule has 1 aromatic heterocycles. The Kier molecular flexibility index (Phi) is 5.16. The van der Waals surface area contributed by atoms with Crippen molar-refractivity contribution in [3.05, 3.63) is 41.3 Å². The van der Waals surface area contributed by atoms with Gasteiger partial charge in [0.25, 0.3) is 5.91 Å². The van der Waals surface area contributed by atoms with Gasteiger partial charge in [-0.1, -0.05) is 31.1 Å². The minimum absolute atomic E-state index is 0.0549. The fourth-order valence-corrected chi connectivity index (χ4v) is 2.33. The maximum Gasteiger partial charge on any atom is 0.257 e. The number of nitrogens with zero attached hydrogens (tertiary/aromatic N) is 2. The Morgan fingerprint density at radius 2 is 1.96 bits per heavy atom. The van der Waals surface area contributed by atoms with Crippen LogP contribution in [-0.2, 0) is 11.2 Å². The summed E-state index contributed by atoms with van der Waals surface area (Å²) in [7, 11) is 1.67. The van der Waals surface area contributed by atoms with E-state index in [1.54, 1.807) is 45.2 Å². The lowest BCUT2D eigenvalue weighted by molar-refractivity contribution is -0.118. The molecule has 2 rings (SSSR count). The first kappa shape index (κ1) is 16.7. The molecule has 0 bridgehead atoms. The van der Waals surface area contributed by atoms with Crippen LogP contribution >= 0.6 is 0 Å². The molecule has 2 amide bonds. The van der Waals surface area contributed by atoms with E-state index in [2.05, 4.69) is 10.5 Å². The van der Waals surface area contributed by atoms with Crippen molar-refractivity contribution in [2.24, 2.45) is 0 Å². The number of carbonyl (C=O) groups excluding carboxylic acids is 2. The first-order valence-electron chi connectivity index (χ1n) is 7.61.